The van der Waals surface area contributed by atoms with Crippen molar-refractivity contribution in [1.82, 2.24) is 0 Å². The summed E-state index contributed by atoms with van der Waals surface area (Å²) in [5.41, 5.74) is 0.514. The number of aliphatic carboxylic acids is 1. The monoisotopic (exact) mass is 246 g/mol. The Labute approximate surface area is 107 Å². The molecule has 1 aromatic carbocycles. The first-order valence-corrected chi connectivity index (χ1v) is 6.31. The Kier molecular flexibility index (Phi) is 3.50. The number of hydrogen-bond acceptors (Lipinski definition) is 2. The lowest BCUT2D eigenvalue weighted by molar-refractivity contribution is -0.145. The summed E-state index contributed by atoms with van der Waals surface area (Å²) in [6, 6.07) is 9.99. The van der Waals surface area contributed by atoms with Crippen LogP contribution in [0.3, 0.4) is 0 Å². The van der Waals surface area contributed by atoms with Gasteiger partial charge < -0.3 is 5.11 Å². The smallest absolute Gasteiger partial charge is 0.304 e. The van der Waals surface area contributed by atoms with Crippen molar-refractivity contribution < 1.29 is 14.7 Å². The molecule has 2 rings (SSSR count). The van der Waals surface area contributed by atoms with E-state index >= 15 is 0 Å². The summed E-state index contributed by atoms with van der Waals surface area (Å²) in [5.74, 6) is -0.547. The van der Waals surface area contributed by atoms with E-state index < -0.39 is 11.4 Å². The number of carboxylic acids is 1. The number of carbonyl (C=O) groups excluding carboxylic acids is 1. The fraction of sp³-hybridized carbons (Fsp3) is 0.467. The molecule has 96 valence electrons. The average molecular weight is 246 g/mol. The lowest BCUT2D eigenvalue weighted by atomic mass is 9.67. The molecule has 1 aliphatic carbocycles. The summed E-state index contributed by atoms with van der Waals surface area (Å²) in [4.78, 5) is 23.0. The van der Waals surface area contributed by atoms with E-state index in [1.165, 1.54) is 5.56 Å². The molecule has 2 atom stereocenters. The number of carbonyl (C=O) groups is 2. The highest BCUT2D eigenvalue weighted by molar-refractivity contribution is 5.89. The SMILES string of the molecule is CC1(CC(=O)O)CCC(c2ccccc2)CC1=O. The van der Waals surface area contributed by atoms with Gasteiger partial charge in [0.25, 0.3) is 0 Å². The van der Waals surface area contributed by atoms with Gasteiger partial charge in [-0.2, -0.15) is 0 Å². The molecule has 1 saturated carbocycles. The number of hydrogen-bond donors (Lipinski definition) is 1. The molecule has 1 aromatic rings. The van der Waals surface area contributed by atoms with Crippen LogP contribution in [0.2, 0.25) is 0 Å². The number of benzene rings is 1. The summed E-state index contributed by atoms with van der Waals surface area (Å²) < 4.78 is 0. The zero-order valence-corrected chi connectivity index (χ0v) is 10.6. The summed E-state index contributed by atoms with van der Waals surface area (Å²) in [6.45, 7) is 1.78. The van der Waals surface area contributed by atoms with Crippen LogP contribution in [0.5, 0.6) is 0 Å². The molecule has 0 bridgehead atoms. The first-order chi connectivity index (χ1) is 8.51. The third kappa shape index (κ3) is 2.61. The van der Waals surface area contributed by atoms with Crippen molar-refractivity contribution in [3.63, 3.8) is 0 Å². The highest BCUT2D eigenvalue weighted by Crippen LogP contribution is 2.42. The van der Waals surface area contributed by atoms with E-state index in [0.29, 0.717) is 12.8 Å². The van der Waals surface area contributed by atoms with Crippen molar-refractivity contribution in [3.8, 4) is 0 Å². The predicted octanol–water partition coefficient (Wildman–Crippen LogP) is 3.00. The van der Waals surface area contributed by atoms with Gasteiger partial charge in [0.05, 0.1) is 6.42 Å². The molecule has 0 aliphatic heterocycles. The van der Waals surface area contributed by atoms with Crippen LogP contribution in [0.1, 0.15) is 44.1 Å². The maximum atomic E-state index is 12.2. The van der Waals surface area contributed by atoms with Crippen molar-refractivity contribution in [2.24, 2.45) is 5.41 Å². The van der Waals surface area contributed by atoms with Gasteiger partial charge in [-0.25, -0.2) is 0 Å². The van der Waals surface area contributed by atoms with Crippen molar-refractivity contribution in [2.45, 2.75) is 38.5 Å². The van der Waals surface area contributed by atoms with E-state index in [9.17, 15) is 9.59 Å². The molecule has 3 heteroatoms. The molecule has 0 saturated heterocycles. The number of rotatable bonds is 3. The van der Waals surface area contributed by atoms with Crippen molar-refractivity contribution in [3.05, 3.63) is 35.9 Å². The Morgan fingerprint density at radius 3 is 2.61 bits per heavy atom. The van der Waals surface area contributed by atoms with Gasteiger partial charge in [-0.05, 0) is 24.3 Å². The van der Waals surface area contributed by atoms with Crippen LogP contribution in [0.25, 0.3) is 0 Å². The van der Waals surface area contributed by atoms with E-state index in [4.69, 9.17) is 5.11 Å². The highest BCUT2D eigenvalue weighted by Gasteiger charge is 2.40. The Morgan fingerprint density at radius 2 is 2.06 bits per heavy atom. The second-order valence-electron chi connectivity index (χ2n) is 5.40. The Hall–Kier alpha value is -1.64. The lowest BCUT2D eigenvalue weighted by Crippen LogP contribution is -2.36. The molecule has 0 radical (unpaired) electrons. The number of ketones is 1. The molecule has 1 aliphatic rings. The van der Waals surface area contributed by atoms with E-state index in [-0.39, 0.29) is 18.1 Å². The Bertz CT molecular complexity index is 452. The van der Waals surface area contributed by atoms with Gasteiger partial charge >= 0.3 is 5.97 Å². The van der Waals surface area contributed by atoms with E-state index in [0.717, 1.165) is 6.42 Å². The molecular formula is C15H18O3. The highest BCUT2D eigenvalue weighted by atomic mass is 16.4. The molecule has 3 nitrogen and oxygen atoms in total. The van der Waals surface area contributed by atoms with Crippen LogP contribution in [-0.2, 0) is 9.59 Å². The normalized spacial score (nSPS) is 28.1. The van der Waals surface area contributed by atoms with E-state index in [2.05, 4.69) is 0 Å². The molecule has 0 heterocycles. The minimum atomic E-state index is -0.885. The van der Waals surface area contributed by atoms with Crippen LogP contribution in [0.15, 0.2) is 30.3 Å². The molecule has 0 spiro atoms. The predicted molar refractivity (Wildman–Crippen MR) is 68.4 cm³/mol. The summed E-state index contributed by atoms with van der Waals surface area (Å²) in [7, 11) is 0. The lowest BCUT2D eigenvalue weighted by Gasteiger charge is -2.35. The summed E-state index contributed by atoms with van der Waals surface area (Å²) in [6.07, 6.45) is 1.97. The van der Waals surface area contributed by atoms with Crippen LogP contribution < -0.4 is 0 Å². The fourth-order valence-corrected chi connectivity index (χ4v) is 2.73. The fourth-order valence-electron chi connectivity index (χ4n) is 2.73. The molecule has 2 unspecified atom stereocenters. The number of carboxylic acid groups (broad SMARTS) is 1. The van der Waals surface area contributed by atoms with E-state index in [1.807, 2.05) is 30.3 Å². The Balaban J connectivity index is 2.09. The minimum absolute atomic E-state index is 0.0483. The van der Waals surface area contributed by atoms with Crippen LogP contribution in [-0.4, -0.2) is 16.9 Å². The second-order valence-corrected chi connectivity index (χ2v) is 5.40. The topological polar surface area (TPSA) is 54.4 Å². The third-order valence-corrected chi connectivity index (χ3v) is 3.96. The maximum Gasteiger partial charge on any atom is 0.304 e. The van der Waals surface area contributed by atoms with Crippen molar-refractivity contribution in [2.75, 3.05) is 0 Å². The average Bonchev–Trinajstić information content (AvgIpc) is 2.33. The van der Waals surface area contributed by atoms with Gasteiger partial charge in [-0.15, -0.1) is 0 Å². The molecule has 1 fully saturated rings. The molecule has 18 heavy (non-hydrogen) atoms. The molecule has 0 aromatic heterocycles. The first kappa shape index (κ1) is 12.8. The van der Waals surface area contributed by atoms with Gasteiger partial charge in [0, 0.05) is 11.8 Å². The minimum Gasteiger partial charge on any atom is -0.481 e. The molecule has 1 N–H and O–H groups in total. The first-order valence-electron chi connectivity index (χ1n) is 6.31. The maximum absolute atomic E-state index is 12.2. The molecule has 0 amide bonds. The number of Topliss-reactive ketones (excluding diaryl/α,β-unsaturated/α-hetero) is 1. The Morgan fingerprint density at radius 1 is 1.39 bits per heavy atom. The van der Waals surface area contributed by atoms with Gasteiger partial charge in [-0.1, -0.05) is 37.3 Å². The standard InChI is InChI=1S/C15H18O3/c1-15(10-14(17)18)8-7-12(9-13(15)16)11-5-3-2-4-6-11/h2-6,12H,7-10H2,1H3,(H,17,18). The third-order valence-electron chi connectivity index (χ3n) is 3.96. The van der Waals surface area contributed by atoms with Crippen LogP contribution >= 0.6 is 0 Å². The molecular weight excluding hydrogens is 228 g/mol. The van der Waals surface area contributed by atoms with Gasteiger partial charge in [0.2, 0.25) is 0 Å². The summed E-state index contributed by atoms with van der Waals surface area (Å²) >= 11 is 0. The van der Waals surface area contributed by atoms with Crippen molar-refractivity contribution >= 4 is 11.8 Å². The quantitative estimate of drug-likeness (QED) is 0.892. The zero-order valence-electron chi connectivity index (χ0n) is 10.6. The van der Waals surface area contributed by atoms with Gasteiger partial charge in [0.15, 0.2) is 0 Å². The second kappa shape index (κ2) is 4.92. The van der Waals surface area contributed by atoms with Gasteiger partial charge in [-0.3, -0.25) is 9.59 Å². The van der Waals surface area contributed by atoms with Gasteiger partial charge in [0.1, 0.15) is 5.78 Å². The largest absolute Gasteiger partial charge is 0.481 e. The summed E-state index contributed by atoms with van der Waals surface area (Å²) in [5, 5.41) is 8.88. The van der Waals surface area contributed by atoms with Crippen LogP contribution in [0, 0.1) is 5.41 Å². The van der Waals surface area contributed by atoms with Crippen molar-refractivity contribution in [1.29, 1.82) is 0 Å². The van der Waals surface area contributed by atoms with Crippen LogP contribution in [0.4, 0.5) is 0 Å². The zero-order chi connectivity index (χ0) is 13.2. The van der Waals surface area contributed by atoms with E-state index in [1.54, 1.807) is 6.92 Å².